The number of hydrogen-bond acceptors (Lipinski definition) is 5. The maximum Gasteiger partial charge on any atom is 0.394 e. The van der Waals surface area contributed by atoms with Crippen LogP contribution in [0.2, 0.25) is 0 Å². The summed E-state index contributed by atoms with van der Waals surface area (Å²) < 4.78 is 62.7. The number of imidazole rings is 1. The smallest absolute Gasteiger partial charge is 0.338 e. The van der Waals surface area contributed by atoms with Crippen molar-refractivity contribution in [2.24, 2.45) is 0 Å². The maximum atomic E-state index is 11.1. The first kappa shape index (κ1) is 18.0. The summed E-state index contributed by atoms with van der Waals surface area (Å²) in [7, 11) is -8.86. The van der Waals surface area contributed by atoms with Gasteiger partial charge in [-0.15, -0.1) is 0 Å². The molecule has 3 aromatic rings. The zero-order valence-corrected chi connectivity index (χ0v) is 13.5. The van der Waals surface area contributed by atoms with Crippen LogP contribution in [0.4, 0.5) is 0 Å². The van der Waals surface area contributed by atoms with Crippen molar-refractivity contribution in [3.63, 3.8) is 0 Å². The average molecular weight is 372 g/mol. The monoisotopic (exact) mass is 372 g/mol. The van der Waals surface area contributed by atoms with Crippen LogP contribution in [0, 0.1) is 0 Å². The zero-order chi connectivity index (χ0) is 18.0. The first-order valence-electron chi connectivity index (χ1n) is 6.26. The van der Waals surface area contributed by atoms with Crippen molar-refractivity contribution in [2.75, 3.05) is 0 Å². The maximum absolute atomic E-state index is 11.1. The minimum Gasteiger partial charge on any atom is -0.338 e. The summed E-state index contributed by atoms with van der Waals surface area (Å²) in [6, 6.07) is 13.8. The molecular formula is C13H12N2O7S2. The highest BCUT2D eigenvalue weighted by Crippen LogP contribution is 2.22. The van der Waals surface area contributed by atoms with Crippen LogP contribution in [-0.2, 0) is 20.5 Å². The van der Waals surface area contributed by atoms with Crippen LogP contribution in [0.25, 0.3) is 22.4 Å². The third-order valence-corrected chi connectivity index (χ3v) is 3.65. The molecule has 24 heavy (non-hydrogen) atoms. The lowest BCUT2D eigenvalue weighted by atomic mass is 10.2. The molecule has 0 aliphatic rings. The Labute approximate surface area is 137 Å². The fraction of sp³-hybridized carbons (Fsp3) is 0. The van der Waals surface area contributed by atoms with Crippen molar-refractivity contribution in [1.29, 1.82) is 0 Å². The number of nitrogens with zero attached hydrogens (tertiary/aromatic N) is 1. The number of aromatic nitrogens is 2. The Morgan fingerprint density at radius 3 is 2.00 bits per heavy atom. The molecule has 1 aromatic heterocycles. The molecule has 128 valence electrons. The van der Waals surface area contributed by atoms with Crippen LogP contribution in [0.15, 0.2) is 53.4 Å². The minimum atomic E-state index is -4.67. The highest BCUT2D eigenvalue weighted by Gasteiger charge is 2.12. The molecule has 0 aliphatic heterocycles. The molecule has 0 radical (unpaired) electrons. The standard InChI is InChI=1S/C13H10N2O3S.H2O4S/c16-19(17,18)10-6-7-11-12(8-10)15-13(14-11)9-4-2-1-3-5-9;1-5(2,3)4/h1-8H,(H,14,15)(H,16,17,18);(H2,1,2,3,4). The first-order valence-corrected chi connectivity index (χ1v) is 9.10. The molecular weight excluding hydrogens is 360 g/mol. The molecule has 0 unspecified atom stereocenters. The van der Waals surface area contributed by atoms with E-state index in [0.717, 1.165) is 5.56 Å². The summed E-state index contributed by atoms with van der Waals surface area (Å²) >= 11 is 0. The second-order valence-corrected chi connectivity index (χ2v) is 6.87. The van der Waals surface area contributed by atoms with Crippen molar-refractivity contribution in [3.05, 3.63) is 48.5 Å². The topological polar surface area (TPSA) is 158 Å². The van der Waals surface area contributed by atoms with Crippen molar-refractivity contribution < 1.29 is 30.5 Å². The van der Waals surface area contributed by atoms with Gasteiger partial charge < -0.3 is 4.98 Å². The van der Waals surface area contributed by atoms with Gasteiger partial charge in [-0.25, -0.2) is 4.98 Å². The van der Waals surface area contributed by atoms with E-state index in [1.165, 1.54) is 12.1 Å². The summed E-state index contributed by atoms with van der Waals surface area (Å²) in [5.74, 6) is 0.656. The largest absolute Gasteiger partial charge is 0.394 e. The van der Waals surface area contributed by atoms with Gasteiger partial charge in [0.05, 0.1) is 15.9 Å². The van der Waals surface area contributed by atoms with Gasteiger partial charge in [0, 0.05) is 5.56 Å². The summed E-state index contributed by atoms with van der Waals surface area (Å²) in [5.41, 5.74) is 2.12. The van der Waals surface area contributed by atoms with Gasteiger partial charge in [0.1, 0.15) is 5.82 Å². The molecule has 2 aromatic carbocycles. The van der Waals surface area contributed by atoms with E-state index in [-0.39, 0.29) is 4.90 Å². The van der Waals surface area contributed by atoms with Gasteiger partial charge in [0.25, 0.3) is 10.1 Å². The van der Waals surface area contributed by atoms with Crippen molar-refractivity contribution >= 4 is 31.6 Å². The van der Waals surface area contributed by atoms with Gasteiger partial charge in [-0.1, -0.05) is 30.3 Å². The Hall–Kier alpha value is -2.31. The molecule has 0 aliphatic carbocycles. The van der Waals surface area contributed by atoms with Gasteiger partial charge in [-0.2, -0.15) is 16.8 Å². The van der Waals surface area contributed by atoms with Crippen molar-refractivity contribution in [1.82, 2.24) is 9.97 Å². The Morgan fingerprint density at radius 2 is 1.46 bits per heavy atom. The molecule has 0 bridgehead atoms. The highest BCUT2D eigenvalue weighted by atomic mass is 32.3. The van der Waals surface area contributed by atoms with Crippen LogP contribution in [-0.4, -0.2) is 40.5 Å². The van der Waals surface area contributed by atoms with E-state index in [4.69, 9.17) is 22.1 Å². The van der Waals surface area contributed by atoms with Gasteiger partial charge in [0.2, 0.25) is 0 Å². The number of aromatic amines is 1. The third kappa shape index (κ3) is 5.11. The number of H-pyrrole nitrogens is 1. The fourth-order valence-electron chi connectivity index (χ4n) is 1.88. The average Bonchev–Trinajstić information content (AvgIpc) is 2.88. The molecule has 1 heterocycles. The molecule has 0 fully saturated rings. The Kier molecular flexibility index (Phi) is 5.01. The van der Waals surface area contributed by atoms with E-state index in [1.807, 2.05) is 30.3 Å². The summed E-state index contributed by atoms with van der Waals surface area (Å²) in [5, 5.41) is 0. The van der Waals surface area contributed by atoms with Crippen molar-refractivity contribution in [3.8, 4) is 11.4 Å². The number of fused-ring (bicyclic) bond motifs is 1. The molecule has 11 heteroatoms. The van der Waals surface area contributed by atoms with Gasteiger partial charge in [0.15, 0.2) is 0 Å². The molecule has 0 saturated heterocycles. The number of rotatable bonds is 2. The zero-order valence-electron chi connectivity index (χ0n) is 11.9. The third-order valence-electron chi connectivity index (χ3n) is 2.80. The van der Waals surface area contributed by atoms with E-state index < -0.39 is 20.5 Å². The molecule has 0 saturated carbocycles. The van der Waals surface area contributed by atoms with Crippen LogP contribution in [0.5, 0.6) is 0 Å². The molecule has 3 rings (SSSR count). The highest BCUT2D eigenvalue weighted by molar-refractivity contribution is 7.85. The Balaban J connectivity index is 0.000000368. The van der Waals surface area contributed by atoms with E-state index in [1.54, 1.807) is 6.07 Å². The minimum absolute atomic E-state index is 0.150. The lowest BCUT2D eigenvalue weighted by Gasteiger charge is -1.95. The van der Waals surface area contributed by atoms with E-state index >= 15 is 0 Å². The SMILES string of the molecule is O=S(=O)(O)O.O=S(=O)(O)c1ccc2nc(-c3ccccc3)[nH]c2c1. The predicted octanol–water partition coefficient (Wildman–Crippen LogP) is 1.82. The van der Waals surface area contributed by atoms with Gasteiger partial charge in [-0.05, 0) is 18.2 Å². The number of nitrogens with one attached hydrogen (secondary N) is 1. The van der Waals surface area contributed by atoms with Gasteiger partial charge >= 0.3 is 10.4 Å². The fourth-order valence-corrected chi connectivity index (χ4v) is 2.39. The van der Waals surface area contributed by atoms with E-state index in [0.29, 0.717) is 16.9 Å². The lowest BCUT2D eigenvalue weighted by molar-refractivity contribution is 0.381. The van der Waals surface area contributed by atoms with Crippen LogP contribution < -0.4 is 0 Å². The molecule has 0 atom stereocenters. The van der Waals surface area contributed by atoms with Crippen molar-refractivity contribution in [2.45, 2.75) is 4.90 Å². The number of hydrogen-bond donors (Lipinski definition) is 4. The van der Waals surface area contributed by atoms with E-state index in [2.05, 4.69) is 9.97 Å². The first-order chi connectivity index (χ1) is 11.0. The Bertz CT molecular complexity index is 1050. The van der Waals surface area contributed by atoms with Crippen LogP contribution in [0.1, 0.15) is 0 Å². The second kappa shape index (κ2) is 6.67. The van der Waals surface area contributed by atoms with Crippen LogP contribution >= 0.6 is 0 Å². The van der Waals surface area contributed by atoms with Crippen LogP contribution in [0.3, 0.4) is 0 Å². The quantitative estimate of drug-likeness (QED) is 0.496. The molecule has 4 N–H and O–H groups in total. The normalized spacial score (nSPS) is 11.8. The summed E-state index contributed by atoms with van der Waals surface area (Å²) in [6.07, 6.45) is 0. The van der Waals surface area contributed by atoms with Gasteiger partial charge in [-0.3, -0.25) is 13.7 Å². The Morgan fingerprint density at radius 1 is 0.875 bits per heavy atom. The molecule has 0 amide bonds. The second-order valence-electron chi connectivity index (χ2n) is 4.55. The predicted molar refractivity (Wildman–Crippen MR) is 85.5 cm³/mol. The number of benzene rings is 2. The molecule has 0 spiro atoms. The molecule has 9 nitrogen and oxygen atoms in total. The van der Waals surface area contributed by atoms with E-state index in [9.17, 15) is 8.42 Å². The summed E-state index contributed by atoms with van der Waals surface area (Å²) in [6.45, 7) is 0. The lowest BCUT2D eigenvalue weighted by Crippen LogP contribution is -1.97. The summed E-state index contributed by atoms with van der Waals surface area (Å²) in [4.78, 5) is 7.26.